The number of benzene rings is 8. The van der Waals surface area contributed by atoms with Gasteiger partial charge in [-0.15, -0.1) is 11.3 Å². The van der Waals surface area contributed by atoms with E-state index in [1.165, 1.54) is 42.4 Å². The number of anilines is 1. The summed E-state index contributed by atoms with van der Waals surface area (Å²) in [5.74, 6) is 0. The zero-order chi connectivity index (χ0) is 34.6. The molecule has 0 aliphatic carbocycles. The molecule has 3 aromatic heterocycles. The minimum atomic E-state index is -0.375. The molecular formula is C48H29N3OS. The molecule has 1 N–H and O–H groups in total. The summed E-state index contributed by atoms with van der Waals surface area (Å²) in [5, 5.41) is 14.5. The number of nitrogens with one attached hydrogen (secondary N) is 1. The first-order chi connectivity index (χ1) is 26.3. The second-order valence-electron chi connectivity index (χ2n) is 13.8. The molecule has 4 heterocycles. The van der Waals surface area contributed by atoms with Crippen LogP contribution in [0.25, 0.3) is 81.1 Å². The molecule has 1 aliphatic rings. The molecule has 1 aliphatic heterocycles. The Morgan fingerprint density at radius 2 is 1.21 bits per heavy atom. The van der Waals surface area contributed by atoms with Crippen LogP contribution in [-0.4, -0.2) is 10.3 Å². The Kier molecular flexibility index (Phi) is 5.96. The third-order valence-corrected chi connectivity index (χ3v) is 12.2. The van der Waals surface area contributed by atoms with Gasteiger partial charge in [-0.25, -0.2) is 0 Å². The van der Waals surface area contributed by atoms with Gasteiger partial charge in [-0.1, -0.05) is 140 Å². The van der Waals surface area contributed by atoms with Gasteiger partial charge in [-0.2, -0.15) is 0 Å². The summed E-state index contributed by atoms with van der Waals surface area (Å²) >= 11 is 1.80. The summed E-state index contributed by atoms with van der Waals surface area (Å²) in [6, 6.07) is 58.5. The Morgan fingerprint density at radius 3 is 2.08 bits per heavy atom. The monoisotopic (exact) mass is 695 g/mol. The maximum atomic E-state index is 7.29. The molecule has 12 rings (SSSR count). The van der Waals surface area contributed by atoms with Crippen molar-refractivity contribution in [3.8, 4) is 5.69 Å². The maximum Gasteiger partial charge on any atom is 0.160 e. The van der Waals surface area contributed by atoms with E-state index in [1.807, 2.05) is 0 Å². The van der Waals surface area contributed by atoms with Gasteiger partial charge in [-0.3, -0.25) is 4.99 Å². The largest absolute Gasteiger partial charge is 0.453 e. The predicted octanol–water partition coefficient (Wildman–Crippen LogP) is 13.2. The topological polar surface area (TPSA) is 42.5 Å². The van der Waals surface area contributed by atoms with Crippen molar-refractivity contribution in [2.24, 2.45) is 4.99 Å². The SMILES string of the molecule is c1ccc(-n2c3ccccc3c3c4ccccc4c4c5cccc([C@H]6N=C(c7cccc8ccccc78)c7sc8ccccc8c7N6)c5oc4c32)cc1. The maximum absolute atomic E-state index is 7.29. The number of hydrogen-bond donors (Lipinski definition) is 1. The standard InChI is InChI=1S/C48H29N3OS/c1-2-16-29(17-3-1)51-38-26-10-8-21-34(38)40-31-19-6-7-20-32(31)41-36-24-13-25-37(45(36)52-46(41)44(40)51)48-49-42(33-23-12-15-28-14-4-5-18-30(28)33)47-43(50-48)35-22-9-11-27-39(35)53-47/h1-27,48,50H/t48-/m0/s1. The molecule has 0 saturated carbocycles. The lowest BCUT2D eigenvalue weighted by atomic mass is 9.96. The van der Waals surface area contributed by atoms with Crippen LogP contribution < -0.4 is 5.32 Å². The van der Waals surface area contributed by atoms with Crippen molar-refractivity contribution in [1.82, 2.24) is 4.57 Å². The smallest absolute Gasteiger partial charge is 0.160 e. The first kappa shape index (κ1) is 28.9. The molecule has 4 nitrogen and oxygen atoms in total. The average Bonchev–Trinajstić information content (AvgIpc) is 3.91. The lowest BCUT2D eigenvalue weighted by Crippen LogP contribution is -2.19. The number of hydrogen-bond acceptors (Lipinski definition) is 4. The molecule has 0 spiro atoms. The van der Waals surface area contributed by atoms with Crippen LogP contribution in [0.1, 0.15) is 22.2 Å². The van der Waals surface area contributed by atoms with E-state index in [9.17, 15) is 0 Å². The van der Waals surface area contributed by atoms with E-state index in [4.69, 9.17) is 9.41 Å². The van der Waals surface area contributed by atoms with Crippen molar-refractivity contribution in [3.05, 3.63) is 180 Å². The van der Waals surface area contributed by atoms with E-state index in [2.05, 4.69) is 174 Å². The van der Waals surface area contributed by atoms with E-state index < -0.39 is 0 Å². The molecule has 11 aromatic rings. The Balaban J connectivity index is 1.19. The summed E-state index contributed by atoms with van der Waals surface area (Å²) < 4.78 is 10.9. The minimum Gasteiger partial charge on any atom is -0.453 e. The molecule has 0 bridgehead atoms. The highest BCUT2D eigenvalue weighted by Crippen LogP contribution is 2.49. The van der Waals surface area contributed by atoms with Crippen molar-refractivity contribution in [3.63, 3.8) is 0 Å². The van der Waals surface area contributed by atoms with Gasteiger partial charge in [0, 0.05) is 48.4 Å². The van der Waals surface area contributed by atoms with E-state index >= 15 is 0 Å². The zero-order valence-electron chi connectivity index (χ0n) is 28.4. The highest BCUT2D eigenvalue weighted by atomic mass is 32.1. The third kappa shape index (κ3) is 4.03. The predicted molar refractivity (Wildman–Crippen MR) is 223 cm³/mol. The first-order valence-corrected chi connectivity index (χ1v) is 18.8. The molecule has 0 saturated heterocycles. The van der Waals surface area contributed by atoms with Crippen LogP contribution in [0.3, 0.4) is 0 Å². The lowest BCUT2D eigenvalue weighted by Gasteiger charge is -2.25. The molecule has 1 atom stereocenters. The molecule has 0 radical (unpaired) electrons. The Hall–Kier alpha value is -6.69. The minimum absolute atomic E-state index is 0.375. The second-order valence-corrected chi connectivity index (χ2v) is 14.9. The number of aliphatic imine (C=N–C) groups is 1. The lowest BCUT2D eigenvalue weighted by molar-refractivity contribution is 0.658. The fourth-order valence-corrected chi connectivity index (χ4v) is 9.94. The quantitative estimate of drug-likeness (QED) is 0.200. The number of para-hydroxylation sites is 3. The number of furan rings is 1. The molecule has 0 unspecified atom stereocenters. The fraction of sp³-hybridized carbons (Fsp3) is 0.0208. The summed E-state index contributed by atoms with van der Waals surface area (Å²) in [5.41, 5.74) is 9.36. The van der Waals surface area contributed by atoms with Crippen molar-refractivity contribution < 1.29 is 4.42 Å². The fourth-order valence-electron chi connectivity index (χ4n) is 8.77. The van der Waals surface area contributed by atoms with Crippen molar-refractivity contribution in [2.75, 3.05) is 5.32 Å². The van der Waals surface area contributed by atoms with Crippen LogP contribution in [-0.2, 0) is 0 Å². The van der Waals surface area contributed by atoms with Gasteiger partial charge in [0.15, 0.2) is 5.58 Å². The van der Waals surface area contributed by atoms with E-state index in [0.29, 0.717) is 0 Å². The van der Waals surface area contributed by atoms with E-state index in [-0.39, 0.29) is 6.17 Å². The van der Waals surface area contributed by atoms with E-state index in [1.54, 1.807) is 11.3 Å². The van der Waals surface area contributed by atoms with Gasteiger partial charge in [0.2, 0.25) is 0 Å². The molecule has 0 amide bonds. The zero-order valence-corrected chi connectivity index (χ0v) is 29.2. The Bertz CT molecular complexity index is 3320. The highest BCUT2D eigenvalue weighted by molar-refractivity contribution is 7.22. The van der Waals surface area contributed by atoms with Crippen molar-refractivity contribution >= 4 is 98.1 Å². The molecule has 0 fully saturated rings. The number of aromatic nitrogens is 1. The number of rotatable bonds is 3. The van der Waals surface area contributed by atoms with Crippen LogP contribution in [0, 0.1) is 0 Å². The van der Waals surface area contributed by atoms with Crippen LogP contribution in [0.15, 0.2) is 173 Å². The van der Waals surface area contributed by atoms with Crippen LogP contribution in [0.2, 0.25) is 0 Å². The van der Waals surface area contributed by atoms with Gasteiger partial charge >= 0.3 is 0 Å². The van der Waals surface area contributed by atoms with Crippen LogP contribution >= 0.6 is 11.3 Å². The van der Waals surface area contributed by atoms with Crippen LogP contribution in [0.5, 0.6) is 0 Å². The number of thiophene rings is 1. The van der Waals surface area contributed by atoms with Gasteiger partial charge in [-0.05, 0) is 45.8 Å². The van der Waals surface area contributed by atoms with Crippen molar-refractivity contribution in [1.29, 1.82) is 0 Å². The average molecular weight is 696 g/mol. The summed E-state index contributed by atoms with van der Waals surface area (Å²) in [6.07, 6.45) is -0.375. The number of fused-ring (bicyclic) bond motifs is 14. The molecule has 53 heavy (non-hydrogen) atoms. The summed E-state index contributed by atoms with van der Waals surface area (Å²) in [4.78, 5) is 6.77. The first-order valence-electron chi connectivity index (χ1n) is 18.0. The van der Waals surface area contributed by atoms with Crippen molar-refractivity contribution in [2.45, 2.75) is 6.17 Å². The summed E-state index contributed by atoms with van der Waals surface area (Å²) in [7, 11) is 0. The molecular weight excluding hydrogens is 667 g/mol. The molecule has 8 aromatic carbocycles. The normalized spacial score (nSPS) is 14.5. The number of nitrogens with zero attached hydrogens (tertiary/aromatic N) is 2. The molecule has 248 valence electrons. The Labute approximate surface area is 307 Å². The van der Waals surface area contributed by atoms with Gasteiger partial charge in [0.1, 0.15) is 11.7 Å². The van der Waals surface area contributed by atoms with Gasteiger partial charge in [0.05, 0.1) is 27.3 Å². The van der Waals surface area contributed by atoms with Gasteiger partial charge in [0.25, 0.3) is 0 Å². The third-order valence-electron chi connectivity index (χ3n) is 11.0. The Morgan fingerprint density at radius 1 is 0.547 bits per heavy atom. The van der Waals surface area contributed by atoms with Gasteiger partial charge < -0.3 is 14.3 Å². The van der Waals surface area contributed by atoms with Crippen LogP contribution in [0.4, 0.5) is 5.69 Å². The summed E-state index contributed by atoms with van der Waals surface area (Å²) in [6.45, 7) is 0. The molecule has 5 heteroatoms. The highest BCUT2D eigenvalue weighted by Gasteiger charge is 2.30. The second kappa shape index (κ2) is 10.9. The van der Waals surface area contributed by atoms with E-state index in [0.717, 1.165) is 66.1 Å².